The molecule has 1 amide bonds. The number of carbonyl (C=O) groups is 1. The van der Waals surface area contributed by atoms with Crippen molar-refractivity contribution in [3.63, 3.8) is 0 Å². The molecule has 120 valence electrons. The van der Waals surface area contributed by atoms with Gasteiger partial charge >= 0.3 is 0 Å². The standard InChI is InChI=1S/C18H14ClN3OS/c19-13-5-8-15-16(11-13)24-18(20-15)21-17(23)12-3-6-14(7-4-12)22-9-1-2-10-22/h1-8,11H,9-10H2,(H,20,21,23). The van der Waals surface area contributed by atoms with Gasteiger partial charge < -0.3 is 4.90 Å². The van der Waals surface area contributed by atoms with Crippen LogP contribution in [0.3, 0.4) is 0 Å². The van der Waals surface area contributed by atoms with Gasteiger partial charge in [0.1, 0.15) is 0 Å². The van der Waals surface area contributed by atoms with E-state index in [1.54, 1.807) is 6.07 Å². The van der Waals surface area contributed by atoms with Gasteiger partial charge in [-0.05, 0) is 42.5 Å². The van der Waals surface area contributed by atoms with Crippen molar-refractivity contribution in [2.75, 3.05) is 23.3 Å². The average Bonchev–Trinajstić information content (AvgIpc) is 3.23. The summed E-state index contributed by atoms with van der Waals surface area (Å²) in [7, 11) is 0. The average molecular weight is 356 g/mol. The highest BCUT2D eigenvalue weighted by Gasteiger charge is 2.12. The van der Waals surface area contributed by atoms with E-state index < -0.39 is 0 Å². The van der Waals surface area contributed by atoms with Crippen LogP contribution in [0.5, 0.6) is 0 Å². The lowest BCUT2D eigenvalue weighted by Crippen LogP contribution is -2.18. The third kappa shape index (κ3) is 3.00. The van der Waals surface area contributed by atoms with Crippen molar-refractivity contribution >= 4 is 49.9 Å². The van der Waals surface area contributed by atoms with Gasteiger partial charge in [-0.15, -0.1) is 0 Å². The molecule has 0 fully saturated rings. The van der Waals surface area contributed by atoms with Crippen molar-refractivity contribution in [2.45, 2.75) is 0 Å². The zero-order valence-corrected chi connectivity index (χ0v) is 14.3. The molecule has 4 nitrogen and oxygen atoms in total. The van der Waals surface area contributed by atoms with E-state index in [0.29, 0.717) is 15.7 Å². The molecule has 0 radical (unpaired) electrons. The maximum atomic E-state index is 12.4. The van der Waals surface area contributed by atoms with Gasteiger partial charge in [-0.2, -0.15) is 0 Å². The number of nitrogens with zero attached hydrogens (tertiary/aromatic N) is 2. The van der Waals surface area contributed by atoms with Gasteiger partial charge in [0.05, 0.1) is 10.2 Å². The highest BCUT2D eigenvalue weighted by molar-refractivity contribution is 7.22. The Labute approximate surface area is 148 Å². The van der Waals surface area contributed by atoms with Crippen molar-refractivity contribution in [1.29, 1.82) is 0 Å². The van der Waals surface area contributed by atoms with Crippen LogP contribution in [0, 0.1) is 0 Å². The highest BCUT2D eigenvalue weighted by atomic mass is 35.5. The van der Waals surface area contributed by atoms with E-state index in [9.17, 15) is 4.79 Å². The quantitative estimate of drug-likeness (QED) is 0.699. The molecular weight excluding hydrogens is 342 g/mol. The Balaban J connectivity index is 1.50. The zero-order valence-electron chi connectivity index (χ0n) is 12.7. The number of anilines is 2. The molecule has 4 rings (SSSR count). The maximum Gasteiger partial charge on any atom is 0.257 e. The predicted octanol–water partition coefficient (Wildman–Crippen LogP) is 4.58. The third-order valence-corrected chi connectivity index (χ3v) is 5.05. The molecule has 0 saturated carbocycles. The SMILES string of the molecule is O=C(Nc1nc2ccc(Cl)cc2s1)c1ccc(N2CC=CC2)cc1. The van der Waals surface area contributed by atoms with Crippen LogP contribution < -0.4 is 10.2 Å². The molecular formula is C18H14ClN3OS. The molecule has 0 saturated heterocycles. The van der Waals surface area contributed by atoms with Gasteiger partial charge in [0.25, 0.3) is 5.91 Å². The molecule has 0 unspecified atom stereocenters. The number of thiazole rings is 1. The number of carbonyl (C=O) groups excluding carboxylic acids is 1. The Morgan fingerprint density at radius 3 is 2.62 bits per heavy atom. The van der Waals surface area contributed by atoms with Crippen molar-refractivity contribution in [3.8, 4) is 0 Å². The van der Waals surface area contributed by atoms with E-state index in [-0.39, 0.29) is 5.91 Å². The largest absolute Gasteiger partial charge is 0.364 e. The van der Waals surface area contributed by atoms with Crippen LogP contribution in [-0.2, 0) is 0 Å². The van der Waals surface area contributed by atoms with Crippen LogP contribution in [-0.4, -0.2) is 24.0 Å². The summed E-state index contributed by atoms with van der Waals surface area (Å²) in [5, 5.41) is 4.09. The molecule has 6 heteroatoms. The van der Waals surface area contributed by atoms with Gasteiger partial charge in [-0.1, -0.05) is 35.1 Å². The predicted molar refractivity (Wildman–Crippen MR) is 100 cm³/mol. The Kier molecular flexibility index (Phi) is 3.96. The van der Waals surface area contributed by atoms with E-state index in [1.807, 2.05) is 36.4 Å². The van der Waals surface area contributed by atoms with Gasteiger partial charge in [0, 0.05) is 29.4 Å². The van der Waals surface area contributed by atoms with E-state index >= 15 is 0 Å². The van der Waals surface area contributed by atoms with Crippen molar-refractivity contribution in [2.24, 2.45) is 0 Å². The second kappa shape index (κ2) is 6.26. The van der Waals surface area contributed by atoms with Gasteiger partial charge in [-0.3, -0.25) is 10.1 Å². The third-order valence-electron chi connectivity index (χ3n) is 3.88. The zero-order chi connectivity index (χ0) is 16.5. The van der Waals surface area contributed by atoms with Crippen LogP contribution in [0.25, 0.3) is 10.2 Å². The van der Waals surface area contributed by atoms with Crippen molar-refractivity contribution in [3.05, 3.63) is 65.2 Å². The minimum absolute atomic E-state index is 0.161. The number of hydrogen-bond acceptors (Lipinski definition) is 4. The minimum atomic E-state index is -0.161. The summed E-state index contributed by atoms with van der Waals surface area (Å²) in [6.07, 6.45) is 4.28. The first-order valence-corrected chi connectivity index (χ1v) is 8.76. The monoisotopic (exact) mass is 355 g/mol. The van der Waals surface area contributed by atoms with Crippen LogP contribution in [0.1, 0.15) is 10.4 Å². The number of aromatic nitrogens is 1. The molecule has 2 heterocycles. The Morgan fingerprint density at radius 2 is 1.88 bits per heavy atom. The van der Waals surface area contributed by atoms with Crippen molar-refractivity contribution < 1.29 is 4.79 Å². The van der Waals surface area contributed by atoms with Crippen LogP contribution in [0.2, 0.25) is 5.02 Å². The van der Waals surface area contributed by atoms with Gasteiger partial charge in [0.2, 0.25) is 0 Å². The van der Waals surface area contributed by atoms with E-state index in [4.69, 9.17) is 11.6 Å². The summed E-state index contributed by atoms with van der Waals surface area (Å²) in [6, 6.07) is 13.1. The molecule has 0 bridgehead atoms. The number of rotatable bonds is 3. The number of amides is 1. The second-order valence-electron chi connectivity index (χ2n) is 5.51. The lowest BCUT2D eigenvalue weighted by Gasteiger charge is -2.17. The van der Waals surface area contributed by atoms with Crippen molar-refractivity contribution in [1.82, 2.24) is 4.98 Å². The fraction of sp³-hybridized carbons (Fsp3) is 0.111. The molecule has 1 aliphatic heterocycles. The Morgan fingerprint density at radius 1 is 1.12 bits per heavy atom. The molecule has 1 N–H and O–H groups in total. The highest BCUT2D eigenvalue weighted by Crippen LogP contribution is 2.28. The van der Waals surface area contributed by atoms with E-state index in [0.717, 1.165) is 29.0 Å². The number of hydrogen-bond donors (Lipinski definition) is 1. The summed E-state index contributed by atoms with van der Waals surface area (Å²) < 4.78 is 0.953. The number of halogens is 1. The van der Waals surface area contributed by atoms with Gasteiger partial charge in [0.15, 0.2) is 5.13 Å². The Bertz CT molecular complexity index is 925. The van der Waals surface area contributed by atoms with Crippen LogP contribution in [0.15, 0.2) is 54.6 Å². The number of benzene rings is 2. The topological polar surface area (TPSA) is 45.2 Å². The normalized spacial score (nSPS) is 13.6. The summed E-state index contributed by atoms with van der Waals surface area (Å²) >= 11 is 7.40. The summed E-state index contributed by atoms with van der Waals surface area (Å²) in [5.41, 5.74) is 2.56. The van der Waals surface area contributed by atoms with Crippen LogP contribution in [0.4, 0.5) is 10.8 Å². The van der Waals surface area contributed by atoms with E-state index in [1.165, 1.54) is 11.3 Å². The van der Waals surface area contributed by atoms with Gasteiger partial charge in [-0.25, -0.2) is 4.98 Å². The number of nitrogens with one attached hydrogen (secondary N) is 1. The molecule has 1 aliphatic rings. The van der Waals surface area contributed by atoms with E-state index in [2.05, 4.69) is 27.4 Å². The smallest absolute Gasteiger partial charge is 0.257 e. The Hall–Kier alpha value is -2.37. The molecule has 0 atom stereocenters. The summed E-state index contributed by atoms with van der Waals surface area (Å²) in [5.74, 6) is -0.161. The molecule has 1 aromatic heterocycles. The molecule has 0 aliphatic carbocycles. The fourth-order valence-electron chi connectivity index (χ4n) is 2.63. The molecule has 2 aromatic carbocycles. The first-order valence-electron chi connectivity index (χ1n) is 7.56. The minimum Gasteiger partial charge on any atom is -0.364 e. The first kappa shape index (κ1) is 15.2. The fourth-order valence-corrected chi connectivity index (χ4v) is 3.77. The molecule has 0 spiro atoms. The van der Waals surface area contributed by atoms with Crippen LogP contribution >= 0.6 is 22.9 Å². The maximum absolute atomic E-state index is 12.4. The molecule has 24 heavy (non-hydrogen) atoms. The first-order chi connectivity index (χ1) is 11.7. The lowest BCUT2D eigenvalue weighted by atomic mass is 10.2. The number of fused-ring (bicyclic) bond motifs is 1. The second-order valence-corrected chi connectivity index (χ2v) is 6.98. The summed E-state index contributed by atoms with van der Waals surface area (Å²) in [4.78, 5) is 19.0. The summed E-state index contributed by atoms with van der Waals surface area (Å²) in [6.45, 7) is 1.83. The molecule has 3 aromatic rings. The lowest BCUT2D eigenvalue weighted by molar-refractivity contribution is 0.102.